The molecule has 0 aliphatic carbocycles. The lowest BCUT2D eigenvalue weighted by molar-refractivity contribution is 0.0600. The van der Waals surface area contributed by atoms with E-state index in [1.54, 1.807) is 18.2 Å². The van der Waals surface area contributed by atoms with Crippen LogP contribution in [0.15, 0.2) is 35.7 Å². The van der Waals surface area contributed by atoms with Gasteiger partial charge in [-0.15, -0.1) is 11.3 Å². The number of nitrogens with two attached hydrogens (primary N) is 1. The maximum absolute atomic E-state index is 11.9. The molecule has 1 aromatic heterocycles. The quantitative estimate of drug-likeness (QED) is 0.363. The van der Waals surface area contributed by atoms with Gasteiger partial charge in [-0.3, -0.25) is 4.79 Å². The lowest BCUT2D eigenvalue weighted by Crippen LogP contribution is -2.24. The number of ether oxygens (including phenoxy) is 1. The van der Waals surface area contributed by atoms with E-state index < -0.39 is 0 Å². The Kier molecular flexibility index (Phi) is 9.34. The van der Waals surface area contributed by atoms with E-state index in [4.69, 9.17) is 5.73 Å². The molecular formula is C21H29N3O3S. The Morgan fingerprint density at radius 1 is 0.964 bits per heavy atom. The molecule has 2 rings (SSSR count). The summed E-state index contributed by atoms with van der Waals surface area (Å²) in [4.78, 5) is 23.3. The Morgan fingerprint density at radius 3 is 2.21 bits per heavy atom. The average Bonchev–Trinajstić information content (AvgIpc) is 3.15. The number of hydrogen-bond acceptors (Lipinski definition) is 6. The van der Waals surface area contributed by atoms with Gasteiger partial charge in [0, 0.05) is 18.8 Å². The van der Waals surface area contributed by atoms with Gasteiger partial charge in [-0.1, -0.05) is 25.7 Å². The van der Waals surface area contributed by atoms with Crippen LogP contribution in [0.1, 0.15) is 59.2 Å². The second kappa shape index (κ2) is 12.0. The fourth-order valence-corrected chi connectivity index (χ4v) is 3.48. The lowest BCUT2D eigenvalue weighted by atomic mass is 10.1. The third-order valence-electron chi connectivity index (χ3n) is 4.46. The molecule has 0 radical (unpaired) electrons. The van der Waals surface area contributed by atoms with Crippen molar-refractivity contribution in [2.24, 2.45) is 0 Å². The predicted molar refractivity (Wildman–Crippen MR) is 115 cm³/mol. The van der Waals surface area contributed by atoms with Crippen molar-refractivity contribution in [3.63, 3.8) is 0 Å². The number of carbonyl (C=O) groups is 2. The van der Waals surface area contributed by atoms with Gasteiger partial charge in [0.15, 0.2) is 0 Å². The fourth-order valence-electron chi connectivity index (χ4n) is 2.84. The van der Waals surface area contributed by atoms with E-state index >= 15 is 0 Å². The van der Waals surface area contributed by atoms with Crippen LogP contribution < -0.4 is 16.4 Å². The first-order valence-corrected chi connectivity index (χ1v) is 10.5. The Hall–Kier alpha value is -2.54. The van der Waals surface area contributed by atoms with E-state index in [9.17, 15) is 9.59 Å². The molecule has 0 saturated heterocycles. The van der Waals surface area contributed by atoms with Gasteiger partial charge in [0.1, 0.15) is 0 Å². The first-order valence-electron chi connectivity index (χ1n) is 9.65. The predicted octanol–water partition coefficient (Wildman–Crippen LogP) is 4.30. The van der Waals surface area contributed by atoms with E-state index in [0.717, 1.165) is 31.5 Å². The van der Waals surface area contributed by atoms with Crippen LogP contribution in [0, 0.1) is 0 Å². The molecule has 0 spiro atoms. The molecule has 0 bridgehead atoms. The molecule has 1 aromatic carbocycles. The van der Waals surface area contributed by atoms with Crippen molar-refractivity contribution >= 4 is 33.9 Å². The summed E-state index contributed by atoms with van der Waals surface area (Å²) < 4.78 is 4.69. The number of nitrogens with one attached hydrogen (secondary N) is 2. The van der Waals surface area contributed by atoms with Crippen molar-refractivity contribution in [2.75, 3.05) is 31.2 Å². The van der Waals surface area contributed by atoms with Gasteiger partial charge in [0.25, 0.3) is 5.91 Å². The molecule has 7 heteroatoms. The van der Waals surface area contributed by atoms with Crippen LogP contribution in [0.3, 0.4) is 0 Å². The molecule has 4 N–H and O–H groups in total. The third-order valence-corrected chi connectivity index (χ3v) is 5.21. The number of methoxy groups -OCH3 is 1. The van der Waals surface area contributed by atoms with Gasteiger partial charge in [0.2, 0.25) is 0 Å². The Bertz CT molecular complexity index is 744. The normalized spacial score (nSPS) is 10.5. The zero-order chi connectivity index (χ0) is 20.2. The highest BCUT2D eigenvalue weighted by Crippen LogP contribution is 2.18. The van der Waals surface area contributed by atoms with Gasteiger partial charge in [-0.25, -0.2) is 4.79 Å². The van der Waals surface area contributed by atoms with Crippen LogP contribution in [0.25, 0.3) is 0 Å². The van der Waals surface area contributed by atoms with Crippen molar-refractivity contribution < 1.29 is 14.3 Å². The number of carbonyl (C=O) groups excluding carboxylic acids is 2. The lowest BCUT2D eigenvalue weighted by Gasteiger charge is -2.07. The zero-order valence-corrected chi connectivity index (χ0v) is 17.1. The van der Waals surface area contributed by atoms with E-state index in [1.165, 1.54) is 37.7 Å². The number of thiophene rings is 1. The monoisotopic (exact) mass is 403 g/mol. The number of esters is 1. The highest BCUT2D eigenvalue weighted by atomic mass is 32.1. The zero-order valence-electron chi connectivity index (χ0n) is 16.3. The number of anilines is 2. The summed E-state index contributed by atoms with van der Waals surface area (Å²) in [5.74, 6) is -0.397. The Labute approximate surface area is 170 Å². The minimum absolute atomic E-state index is 0.0792. The van der Waals surface area contributed by atoms with Crippen molar-refractivity contribution in [3.05, 3.63) is 46.8 Å². The summed E-state index contributed by atoms with van der Waals surface area (Å²) in [6.45, 7) is 1.60. The summed E-state index contributed by atoms with van der Waals surface area (Å²) >= 11 is 1.38. The molecule has 0 aliphatic rings. The molecule has 0 saturated carbocycles. The number of unbranched alkanes of at least 4 members (excludes halogenated alkanes) is 5. The van der Waals surface area contributed by atoms with E-state index in [0.29, 0.717) is 22.7 Å². The SMILES string of the molecule is COC(=O)c1ccc(NCCCCCCCCNC(=O)c2ccsc2N)cc1. The van der Waals surface area contributed by atoms with Crippen LogP contribution in [0.4, 0.5) is 10.7 Å². The van der Waals surface area contributed by atoms with Crippen molar-refractivity contribution in [2.45, 2.75) is 38.5 Å². The molecular weight excluding hydrogens is 374 g/mol. The maximum atomic E-state index is 11.9. The van der Waals surface area contributed by atoms with E-state index in [-0.39, 0.29) is 11.9 Å². The summed E-state index contributed by atoms with van der Waals surface area (Å²) in [5, 5.41) is 8.68. The highest BCUT2D eigenvalue weighted by molar-refractivity contribution is 7.14. The number of benzene rings is 1. The van der Waals surface area contributed by atoms with Crippen molar-refractivity contribution in [1.82, 2.24) is 5.32 Å². The minimum atomic E-state index is -0.318. The molecule has 6 nitrogen and oxygen atoms in total. The van der Waals surface area contributed by atoms with Gasteiger partial charge < -0.3 is 21.1 Å². The molecule has 1 amide bonds. The van der Waals surface area contributed by atoms with Crippen LogP contribution >= 0.6 is 11.3 Å². The van der Waals surface area contributed by atoms with Gasteiger partial charge in [-0.2, -0.15) is 0 Å². The summed E-state index contributed by atoms with van der Waals surface area (Å²) in [5.41, 5.74) is 7.90. The Balaban J connectivity index is 1.45. The highest BCUT2D eigenvalue weighted by Gasteiger charge is 2.09. The van der Waals surface area contributed by atoms with E-state index in [1.807, 2.05) is 17.5 Å². The number of nitrogen functional groups attached to an aromatic ring is 1. The van der Waals surface area contributed by atoms with Crippen LogP contribution in [0.5, 0.6) is 0 Å². The van der Waals surface area contributed by atoms with Crippen LogP contribution in [-0.2, 0) is 4.74 Å². The summed E-state index contributed by atoms with van der Waals surface area (Å²) in [6.07, 6.45) is 6.74. The molecule has 0 atom stereocenters. The molecule has 28 heavy (non-hydrogen) atoms. The topological polar surface area (TPSA) is 93.5 Å². The number of rotatable bonds is 12. The van der Waals surface area contributed by atoms with Gasteiger partial charge >= 0.3 is 5.97 Å². The maximum Gasteiger partial charge on any atom is 0.337 e. The van der Waals surface area contributed by atoms with Crippen LogP contribution in [0.2, 0.25) is 0 Å². The van der Waals surface area contributed by atoms with Gasteiger partial charge in [-0.05, 0) is 48.6 Å². The standard InChI is InChI=1S/C21H29N3O3S/c1-27-21(26)16-8-10-17(11-9-16)23-13-6-4-2-3-5-7-14-24-20(25)18-12-15-28-19(18)22/h8-12,15,23H,2-7,13-14,22H2,1H3,(H,24,25). The smallest absolute Gasteiger partial charge is 0.337 e. The molecule has 0 aliphatic heterocycles. The average molecular weight is 404 g/mol. The minimum Gasteiger partial charge on any atom is -0.465 e. The first kappa shape index (κ1) is 21.8. The Morgan fingerprint density at radius 2 is 1.61 bits per heavy atom. The molecule has 0 unspecified atom stereocenters. The van der Waals surface area contributed by atoms with Crippen molar-refractivity contribution in [3.8, 4) is 0 Å². The molecule has 2 aromatic rings. The largest absolute Gasteiger partial charge is 0.465 e. The number of hydrogen-bond donors (Lipinski definition) is 3. The summed E-state index contributed by atoms with van der Waals surface area (Å²) in [6, 6.07) is 9.07. The second-order valence-electron chi connectivity index (χ2n) is 6.57. The fraction of sp³-hybridized carbons (Fsp3) is 0.429. The first-order chi connectivity index (χ1) is 13.6. The molecule has 1 heterocycles. The summed E-state index contributed by atoms with van der Waals surface area (Å²) in [7, 11) is 1.38. The number of amides is 1. The third kappa shape index (κ3) is 7.23. The van der Waals surface area contributed by atoms with Crippen molar-refractivity contribution in [1.29, 1.82) is 0 Å². The van der Waals surface area contributed by atoms with Crippen LogP contribution in [-0.4, -0.2) is 32.1 Å². The van der Waals surface area contributed by atoms with E-state index in [2.05, 4.69) is 15.4 Å². The molecule has 0 fully saturated rings. The molecule has 152 valence electrons. The second-order valence-corrected chi connectivity index (χ2v) is 7.52. The van der Waals surface area contributed by atoms with Gasteiger partial charge in [0.05, 0.1) is 23.2 Å².